The second-order valence-electron chi connectivity index (χ2n) is 4.28. The third-order valence-corrected chi connectivity index (χ3v) is 3.71. The first kappa shape index (κ1) is 14.7. The van der Waals surface area contributed by atoms with Crippen LogP contribution in [0.2, 0.25) is 5.02 Å². The van der Waals surface area contributed by atoms with Gasteiger partial charge in [0.1, 0.15) is 11.9 Å². The van der Waals surface area contributed by atoms with Crippen molar-refractivity contribution in [1.82, 2.24) is 4.98 Å². The molecule has 0 aliphatic carbocycles. The molecule has 0 aliphatic heterocycles. The molecule has 7 heteroatoms. The highest BCUT2D eigenvalue weighted by molar-refractivity contribution is 7.13. The molecule has 2 rings (SSSR count). The van der Waals surface area contributed by atoms with Crippen molar-refractivity contribution in [2.45, 2.75) is 19.9 Å². The molecule has 0 aliphatic rings. The van der Waals surface area contributed by atoms with Gasteiger partial charge in [-0.05, 0) is 32.0 Å². The van der Waals surface area contributed by atoms with Gasteiger partial charge in [0, 0.05) is 11.1 Å². The number of nitrogens with one attached hydrogen (secondary N) is 2. The molecule has 1 amide bonds. The van der Waals surface area contributed by atoms with Gasteiger partial charge in [0.25, 0.3) is 0 Å². The van der Waals surface area contributed by atoms with E-state index < -0.39 is 11.9 Å². The lowest BCUT2D eigenvalue weighted by molar-refractivity contribution is -0.116. The molecule has 0 radical (unpaired) electrons. The first-order valence-corrected chi connectivity index (χ1v) is 7.16. The molecule has 0 unspecified atom stereocenters. The summed E-state index contributed by atoms with van der Waals surface area (Å²) in [7, 11) is 0. The van der Waals surface area contributed by atoms with E-state index in [-0.39, 0.29) is 10.9 Å². The van der Waals surface area contributed by atoms with Crippen LogP contribution < -0.4 is 10.6 Å². The van der Waals surface area contributed by atoms with Gasteiger partial charge in [-0.1, -0.05) is 11.6 Å². The van der Waals surface area contributed by atoms with Crippen LogP contribution in [0.5, 0.6) is 0 Å². The smallest absolute Gasteiger partial charge is 0.248 e. The number of carbonyl (C=O) groups is 1. The Kier molecular flexibility index (Phi) is 4.57. The number of amides is 1. The van der Waals surface area contributed by atoms with E-state index in [4.69, 9.17) is 11.6 Å². The summed E-state index contributed by atoms with van der Waals surface area (Å²) in [6.07, 6.45) is 0. The summed E-state index contributed by atoms with van der Waals surface area (Å²) in [5, 5.41) is 8.08. The number of halogens is 2. The lowest BCUT2D eigenvalue weighted by atomic mass is 10.2. The molecule has 106 valence electrons. The number of thiazole rings is 1. The van der Waals surface area contributed by atoms with Crippen LogP contribution in [-0.2, 0) is 4.79 Å². The minimum absolute atomic E-state index is 0.0122. The summed E-state index contributed by atoms with van der Waals surface area (Å²) in [4.78, 5) is 16.1. The molecule has 4 nitrogen and oxygen atoms in total. The van der Waals surface area contributed by atoms with Gasteiger partial charge >= 0.3 is 0 Å². The fourth-order valence-electron chi connectivity index (χ4n) is 1.53. The van der Waals surface area contributed by atoms with Crippen molar-refractivity contribution in [3.05, 3.63) is 40.1 Å². The Bertz CT molecular complexity index is 632. The molecule has 0 bridgehead atoms. The van der Waals surface area contributed by atoms with Crippen molar-refractivity contribution in [3.63, 3.8) is 0 Å². The number of hydrogen-bond donors (Lipinski definition) is 2. The molecule has 1 aromatic carbocycles. The van der Waals surface area contributed by atoms with Crippen LogP contribution in [0.25, 0.3) is 0 Å². The highest BCUT2D eigenvalue weighted by Crippen LogP contribution is 2.20. The SMILES string of the molecule is Cc1csc(NC(=O)[C@H](C)Nc2ccc(F)c(Cl)c2)n1. The Hall–Kier alpha value is -1.66. The lowest BCUT2D eigenvalue weighted by Crippen LogP contribution is -2.31. The van der Waals surface area contributed by atoms with Crippen molar-refractivity contribution in [2.75, 3.05) is 10.6 Å². The Morgan fingerprint density at radius 1 is 1.50 bits per heavy atom. The van der Waals surface area contributed by atoms with Crippen LogP contribution in [-0.4, -0.2) is 16.9 Å². The van der Waals surface area contributed by atoms with Gasteiger partial charge in [-0.15, -0.1) is 11.3 Å². The topological polar surface area (TPSA) is 54.0 Å². The monoisotopic (exact) mass is 313 g/mol. The predicted molar refractivity (Wildman–Crippen MR) is 80.0 cm³/mol. The Labute approximate surface area is 125 Å². The lowest BCUT2D eigenvalue weighted by Gasteiger charge is -2.14. The van der Waals surface area contributed by atoms with Crippen molar-refractivity contribution < 1.29 is 9.18 Å². The normalized spacial score (nSPS) is 12.0. The Balaban J connectivity index is 1.98. The fourth-order valence-corrected chi connectivity index (χ4v) is 2.40. The first-order chi connectivity index (χ1) is 9.45. The Morgan fingerprint density at radius 3 is 2.85 bits per heavy atom. The minimum Gasteiger partial charge on any atom is -0.374 e. The van der Waals surface area contributed by atoms with Gasteiger partial charge in [-0.25, -0.2) is 9.37 Å². The van der Waals surface area contributed by atoms with Crippen LogP contribution in [0, 0.1) is 12.7 Å². The zero-order valence-corrected chi connectivity index (χ0v) is 12.5. The maximum Gasteiger partial charge on any atom is 0.248 e. The van der Waals surface area contributed by atoms with Crippen molar-refractivity contribution in [2.24, 2.45) is 0 Å². The summed E-state index contributed by atoms with van der Waals surface area (Å²) < 4.78 is 13.0. The standard InChI is InChI=1S/C13H13ClFN3OS/c1-7-6-20-13(16-7)18-12(19)8(2)17-9-3-4-11(15)10(14)5-9/h3-6,8,17H,1-2H3,(H,16,18,19)/t8-/m0/s1. The molecule has 0 saturated carbocycles. The molecule has 20 heavy (non-hydrogen) atoms. The third kappa shape index (κ3) is 3.68. The quantitative estimate of drug-likeness (QED) is 0.905. The van der Waals surface area contributed by atoms with E-state index in [1.54, 1.807) is 6.92 Å². The number of carbonyl (C=O) groups excluding carboxylic acids is 1. The van der Waals surface area contributed by atoms with Crippen LogP contribution >= 0.6 is 22.9 Å². The number of hydrogen-bond acceptors (Lipinski definition) is 4. The largest absolute Gasteiger partial charge is 0.374 e. The van der Waals surface area contributed by atoms with Crippen LogP contribution in [0.15, 0.2) is 23.6 Å². The Morgan fingerprint density at radius 2 is 2.25 bits per heavy atom. The minimum atomic E-state index is -0.499. The van der Waals surface area contributed by atoms with Gasteiger partial charge < -0.3 is 10.6 Å². The number of nitrogens with zero attached hydrogens (tertiary/aromatic N) is 1. The molecule has 0 fully saturated rings. The number of anilines is 2. The molecular formula is C13H13ClFN3OS. The van der Waals surface area contributed by atoms with Gasteiger partial charge in [0.05, 0.1) is 10.7 Å². The van der Waals surface area contributed by atoms with E-state index in [1.165, 1.54) is 29.5 Å². The summed E-state index contributed by atoms with van der Waals surface area (Å²) in [6, 6.07) is 3.72. The van der Waals surface area contributed by atoms with Gasteiger partial charge in [-0.3, -0.25) is 4.79 Å². The van der Waals surface area contributed by atoms with Gasteiger partial charge in [0.2, 0.25) is 5.91 Å². The van der Waals surface area contributed by atoms with Crippen molar-refractivity contribution in [3.8, 4) is 0 Å². The molecule has 2 aromatic rings. The molecule has 0 spiro atoms. The van der Waals surface area contributed by atoms with Crippen LogP contribution in [0.1, 0.15) is 12.6 Å². The summed E-state index contributed by atoms with van der Waals surface area (Å²) >= 11 is 7.05. The van der Waals surface area contributed by atoms with E-state index in [0.29, 0.717) is 10.8 Å². The van der Waals surface area contributed by atoms with Crippen LogP contribution in [0.4, 0.5) is 15.2 Å². The summed E-state index contributed by atoms with van der Waals surface area (Å²) in [6.45, 7) is 3.56. The molecule has 1 aromatic heterocycles. The zero-order chi connectivity index (χ0) is 14.7. The maximum absolute atomic E-state index is 13.0. The number of benzene rings is 1. The van der Waals surface area contributed by atoms with Gasteiger partial charge in [-0.2, -0.15) is 0 Å². The van der Waals surface area contributed by atoms with E-state index >= 15 is 0 Å². The molecular weight excluding hydrogens is 301 g/mol. The first-order valence-electron chi connectivity index (χ1n) is 5.90. The van der Waals surface area contributed by atoms with Crippen molar-refractivity contribution >= 4 is 39.7 Å². The highest BCUT2D eigenvalue weighted by atomic mass is 35.5. The zero-order valence-electron chi connectivity index (χ0n) is 10.9. The van der Waals surface area contributed by atoms with E-state index in [9.17, 15) is 9.18 Å². The summed E-state index contributed by atoms with van der Waals surface area (Å²) in [5.74, 6) is -0.715. The van der Waals surface area contributed by atoms with Crippen LogP contribution in [0.3, 0.4) is 0 Å². The van der Waals surface area contributed by atoms with E-state index in [0.717, 1.165) is 5.69 Å². The number of aromatic nitrogens is 1. The second-order valence-corrected chi connectivity index (χ2v) is 5.54. The molecule has 0 saturated heterocycles. The molecule has 1 atom stereocenters. The average molecular weight is 314 g/mol. The van der Waals surface area contributed by atoms with Crippen molar-refractivity contribution in [1.29, 1.82) is 0 Å². The predicted octanol–water partition coefficient (Wildman–Crippen LogP) is 3.68. The number of aryl methyl sites for hydroxylation is 1. The fraction of sp³-hybridized carbons (Fsp3) is 0.231. The third-order valence-electron chi connectivity index (χ3n) is 2.55. The maximum atomic E-state index is 13.0. The van der Waals surface area contributed by atoms with E-state index in [2.05, 4.69) is 15.6 Å². The highest BCUT2D eigenvalue weighted by Gasteiger charge is 2.14. The molecule has 2 N–H and O–H groups in total. The number of rotatable bonds is 4. The average Bonchev–Trinajstić information content (AvgIpc) is 2.79. The van der Waals surface area contributed by atoms with Gasteiger partial charge in [0.15, 0.2) is 5.13 Å². The molecule has 1 heterocycles. The second kappa shape index (κ2) is 6.19. The summed E-state index contributed by atoms with van der Waals surface area (Å²) in [5.41, 5.74) is 1.44. The van der Waals surface area contributed by atoms with E-state index in [1.807, 2.05) is 12.3 Å².